The van der Waals surface area contributed by atoms with Crippen LogP contribution in [0.2, 0.25) is 0 Å². The predicted octanol–water partition coefficient (Wildman–Crippen LogP) is 3.57. The second-order valence-electron chi connectivity index (χ2n) is 6.81. The molecule has 0 spiro atoms. The van der Waals surface area contributed by atoms with E-state index < -0.39 is 0 Å². The Morgan fingerprint density at radius 3 is 2.50 bits per heavy atom. The van der Waals surface area contributed by atoms with E-state index in [0.29, 0.717) is 0 Å². The minimum Gasteiger partial charge on any atom is -0.358 e. The van der Waals surface area contributed by atoms with Gasteiger partial charge in [-0.2, -0.15) is 0 Å². The van der Waals surface area contributed by atoms with Crippen molar-refractivity contribution in [2.45, 2.75) is 38.9 Å². The predicted molar refractivity (Wildman–Crippen MR) is 94.9 cm³/mol. The van der Waals surface area contributed by atoms with Crippen LogP contribution in [-0.2, 0) is 6.54 Å². The molecule has 0 amide bonds. The SMILES string of the molecule is CC(C)(C)NC(=S)N1CCn2cccc2C1c1ccccc1. The molecule has 3 rings (SSSR count). The molecular formula is C18H23N3S. The van der Waals surface area contributed by atoms with Gasteiger partial charge in [-0.1, -0.05) is 30.3 Å². The zero-order valence-corrected chi connectivity index (χ0v) is 14.2. The van der Waals surface area contributed by atoms with E-state index in [2.05, 4.69) is 84.2 Å². The summed E-state index contributed by atoms with van der Waals surface area (Å²) in [5.74, 6) is 0. The third-order valence-electron chi connectivity index (χ3n) is 3.90. The maximum Gasteiger partial charge on any atom is 0.170 e. The van der Waals surface area contributed by atoms with Crippen LogP contribution in [0.5, 0.6) is 0 Å². The number of aromatic nitrogens is 1. The summed E-state index contributed by atoms with van der Waals surface area (Å²) in [4.78, 5) is 2.31. The summed E-state index contributed by atoms with van der Waals surface area (Å²) in [5.41, 5.74) is 2.55. The maximum absolute atomic E-state index is 5.71. The molecule has 0 fully saturated rings. The van der Waals surface area contributed by atoms with Crippen LogP contribution in [0.15, 0.2) is 48.7 Å². The maximum atomic E-state index is 5.71. The van der Waals surface area contributed by atoms with E-state index in [4.69, 9.17) is 12.2 Å². The molecule has 0 bridgehead atoms. The highest BCUT2D eigenvalue weighted by atomic mass is 32.1. The fraction of sp³-hybridized carbons (Fsp3) is 0.389. The van der Waals surface area contributed by atoms with Gasteiger partial charge < -0.3 is 14.8 Å². The van der Waals surface area contributed by atoms with Crippen LogP contribution in [-0.4, -0.2) is 26.7 Å². The highest BCUT2D eigenvalue weighted by Crippen LogP contribution is 2.32. The van der Waals surface area contributed by atoms with Crippen molar-refractivity contribution < 1.29 is 0 Å². The fourth-order valence-corrected chi connectivity index (χ4v) is 3.48. The van der Waals surface area contributed by atoms with Gasteiger partial charge in [0.05, 0.1) is 6.04 Å². The fourth-order valence-electron chi connectivity index (χ4n) is 2.98. The Hall–Kier alpha value is -1.81. The molecule has 2 heterocycles. The Labute approximate surface area is 137 Å². The third kappa shape index (κ3) is 3.02. The highest BCUT2D eigenvalue weighted by Gasteiger charge is 2.31. The molecule has 3 nitrogen and oxygen atoms in total. The van der Waals surface area contributed by atoms with Gasteiger partial charge in [-0.05, 0) is 50.7 Å². The zero-order chi connectivity index (χ0) is 15.7. The lowest BCUT2D eigenvalue weighted by Gasteiger charge is -2.40. The summed E-state index contributed by atoms with van der Waals surface area (Å²) in [6.45, 7) is 8.32. The van der Waals surface area contributed by atoms with Gasteiger partial charge in [-0.3, -0.25) is 0 Å². The smallest absolute Gasteiger partial charge is 0.170 e. The quantitative estimate of drug-likeness (QED) is 0.813. The standard InChI is InChI=1S/C18H23N3S/c1-18(2,3)19-17(22)21-13-12-20-11-7-10-15(20)16(21)14-8-5-4-6-9-14/h4-11,16H,12-13H2,1-3H3,(H,19,22). The van der Waals surface area contributed by atoms with Gasteiger partial charge in [-0.15, -0.1) is 0 Å². The van der Waals surface area contributed by atoms with Crippen molar-refractivity contribution in [3.8, 4) is 0 Å². The molecule has 116 valence electrons. The van der Waals surface area contributed by atoms with Crippen molar-refractivity contribution in [2.24, 2.45) is 0 Å². The number of fused-ring (bicyclic) bond motifs is 1. The van der Waals surface area contributed by atoms with Crippen LogP contribution >= 0.6 is 12.2 Å². The minimum atomic E-state index is -0.0300. The van der Waals surface area contributed by atoms with Crippen molar-refractivity contribution in [3.05, 3.63) is 59.9 Å². The first-order valence-electron chi connectivity index (χ1n) is 7.74. The Kier molecular flexibility index (Phi) is 3.96. The molecule has 1 N–H and O–H groups in total. The van der Waals surface area contributed by atoms with Crippen LogP contribution in [0.3, 0.4) is 0 Å². The Bertz CT molecular complexity index is 654. The third-order valence-corrected chi connectivity index (χ3v) is 4.23. The van der Waals surface area contributed by atoms with Crippen LogP contribution in [0, 0.1) is 0 Å². The molecule has 0 radical (unpaired) electrons. The summed E-state index contributed by atoms with van der Waals surface area (Å²) in [5, 5.41) is 4.29. The molecular weight excluding hydrogens is 290 g/mol. The van der Waals surface area contributed by atoms with Crippen molar-refractivity contribution in [2.75, 3.05) is 6.54 Å². The number of nitrogens with one attached hydrogen (secondary N) is 1. The number of thiocarbonyl (C=S) groups is 1. The van der Waals surface area contributed by atoms with Crippen molar-refractivity contribution in [1.29, 1.82) is 0 Å². The molecule has 1 unspecified atom stereocenters. The van der Waals surface area contributed by atoms with Gasteiger partial charge in [0, 0.05) is 30.5 Å². The number of rotatable bonds is 1. The average Bonchev–Trinajstić information content (AvgIpc) is 2.93. The van der Waals surface area contributed by atoms with Gasteiger partial charge in [0.15, 0.2) is 5.11 Å². The number of hydrogen-bond donors (Lipinski definition) is 1. The lowest BCUT2D eigenvalue weighted by Crippen LogP contribution is -2.52. The van der Waals surface area contributed by atoms with E-state index in [1.54, 1.807) is 0 Å². The Morgan fingerprint density at radius 1 is 1.09 bits per heavy atom. The van der Waals surface area contributed by atoms with E-state index >= 15 is 0 Å². The number of nitrogens with zero attached hydrogens (tertiary/aromatic N) is 2. The first-order valence-corrected chi connectivity index (χ1v) is 8.15. The summed E-state index contributed by atoms with van der Waals surface area (Å²) in [6, 6.07) is 15.1. The molecule has 0 saturated carbocycles. The Morgan fingerprint density at radius 2 is 1.82 bits per heavy atom. The van der Waals surface area contributed by atoms with Crippen molar-refractivity contribution >= 4 is 17.3 Å². The molecule has 1 aromatic carbocycles. The van der Waals surface area contributed by atoms with Gasteiger partial charge >= 0.3 is 0 Å². The molecule has 1 aromatic heterocycles. The van der Waals surface area contributed by atoms with Gasteiger partial charge in [-0.25, -0.2) is 0 Å². The van der Waals surface area contributed by atoms with Gasteiger partial charge in [0.25, 0.3) is 0 Å². The van der Waals surface area contributed by atoms with E-state index in [0.717, 1.165) is 18.2 Å². The zero-order valence-electron chi connectivity index (χ0n) is 13.4. The van der Waals surface area contributed by atoms with Crippen LogP contribution < -0.4 is 5.32 Å². The molecule has 4 heteroatoms. The van der Waals surface area contributed by atoms with Gasteiger partial charge in [0.2, 0.25) is 0 Å². The van der Waals surface area contributed by atoms with Gasteiger partial charge in [0.1, 0.15) is 0 Å². The molecule has 1 aliphatic heterocycles. The van der Waals surface area contributed by atoms with E-state index in [-0.39, 0.29) is 11.6 Å². The lowest BCUT2D eigenvalue weighted by atomic mass is 10.0. The van der Waals surface area contributed by atoms with Crippen LogP contribution in [0.25, 0.3) is 0 Å². The summed E-state index contributed by atoms with van der Waals surface area (Å²) in [7, 11) is 0. The summed E-state index contributed by atoms with van der Waals surface area (Å²) < 4.78 is 2.33. The second kappa shape index (κ2) is 5.76. The highest BCUT2D eigenvalue weighted by molar-refractivity contribution is 7.80. The Balaban J connectivity index is 1.97. The van der Waals surface area contributed by atoms with E-state index in [1.807, 2.05) is 0 Å². The van der Waals surface area contributed by atoms with Crippen molar-refractivity contribution in [3.63, 3.8) is 0 Å². The molecule has 1 aliphatic rings. The molecule has 2 aromatic rings. The normalized spacial score (nSPS) is 18.0. The first kappa shape index (κ1) is 15.1. The summed E-state index contributed by atoms with van der Waals surface area (Å²) >= 11 is 5.71. The minimum absolute atomic E-state index is 0.0300. The molecule has 1 atom stereocenters. The average molecular weight is 313 g/mol. The van der Waals surface area contributed by atoms with E-state index in [1.165, 1.54) is 11.3 Å². The molecule has 0 saturated heterocycles. The van der Waals surface area contributed by atoms with Crippen LogP contribution in [0.1, 0.15) is 38.1 Å². The molecule has 22 heavy (non-hydrogen) atoms. The van der Waals surface area contributed by atoms with Crippen LogP contribution in [0.4, 0.5) is 0 Å². The molecule has 0 aliphatic carbocycles. The summed E-state index contributed by atoms with van der Waals surface area (Å²) in [6.07, 6.45) is 2.16. The largest absolute Gasteiger partial charge is 0.358 e. The number of benzene rings is 1. The first-order chi connectivity index (χ1) is 10.5. The van der Waals surface area contributed by atoms with Crippen molar-refractivity contribution in [1.82, 2.24) is 14.8 Å². The topological polar surface area (TPSA) is 20.2 Å². The number of hydrogen-bond acceptors (Lipinski definition) is 1. The van der Waals surface area contributed by atoms with E-state index in [9.17, 15) is 0 Å². The lowest BCUT2D eigenvalue weighted by molar-refractivity contribution is 0.278. The second-order valence-corrected chi connectivity index (χ2v) is 7.20. The monoisotopic (exact) mass is 313 g/mol.